The summed E-state index contributed by atoms with van der Waals surface area (Å²) in [6, 6.07) is 13.0. The third kappa shape index (κ3) is 4.47. The van der Waals surface area contributed by atoms with Crippen molar-refractivity contribution in [3.05, 3.63) is 71.3 Å². The third-order valence-corrected chi connectivity index (χ3v) is 5.10. The molecular formula is C21H23F2NO2. The van der Waals surface area contributed by atoms with Crippen molar-refractivity contribution >= 4 is 5.91 Å². The van der Waals surface area contributed by atoms with Gasteiger partial charge in [0.15, 0.2) is 0 Å². The molecule has 0 saturated carbocycles. The zero-order valence-corrected chi connectivity index (χ0v) is 14.6. The molecule has 1 saturated heterocycles. The summed E-state index contributed by atoms with van der Waals surface area (Å²) in [7, 11) is 0. The average Bonchev–Trinajstić information content (AvgIpc) is 2.66. The fraction of sp³-hybridized carbons (Fsp3) is 0.381. The molecule has 0 bridgehead atoms. The normalized spacial score (nSPS) is 16.5. The van der Waals surface area contributed by atoms with Gasteiger partial charge in [-0.2, -0.15) is 0 Å². The van der Waals surface area contributed by atoms with Crippen LogP contribution in [0.25, 0.3) is 0 Å². The van der Waals surface area contributed by atoms with Crippen LogP contribution in [0.5, 0.6) is 0 Å². The molecule has 1 heterocycles. The van der Waals surface area contributed by atoms with Gasteiger partial charge in [0.25, 0.3) is 5.91 Å². The molecule has 1 atom stereocenters. The van der Waals surface area contributed by atoms with Gasteiger partial charge < -0.3 is 10.0 Å². The highest BCUT2D eigenvalue weighted by molar-refractivity contribution is 5.94. The highest BCUT2D eigenvalue weighted by atomic mass is 19.1. The van der Waals surface area contributed by atoms with Crippen molar-refractivity contribution in [2.24, 2.45) is 5.92 Å². The largest absolute Gasteiger partial charge is 0.393 e. The molecule has 1 aliphatic heterocycles. The molecule has 2 aromatic carbocycles. The summed E-state index contributed by atoms with van der Waals surface area (Å²) < 4.78 is 26.8. The molecule has 3 rings (SSSR count). The van der Waals surface area contributed by atoms with Crippen LogP contribution in [0.15, 0.2) is 48.5 Å². The Bertz CT molecular complexity index is 743. The fourth-order valence-corrected chi connectivity index (χ4v) is 3.52. The van der Waals surface area contributed by atoms with Crippen LogP contribution >= 0.6 is 0 Å². The fourth-order valence-electron chi connectivity index (χ4n) is 3.52. The van der Waals surface area contributed by atoms with Crippen LogP contribution in [-0.4, -0.2) is 35.1 Å². The van der Waals surface area contributed by atoms with E-state index in [-0.39, 0.29) is 11.5 Å². The van der Waals surface area contributed by atoms with E-state index in [2.05, 4.69) is 0 Å². The van der Waals surface area contributed by atoms with E-state index in [1.807, 2.05) is 30.3 Å². The lowest BCUT2D eigenvalue weighted by Crippen LogP contribution is -2.41. The highest BCUT2D eigenvalue weighted by Gasteiger charge is 2.28. The second kappa shape index (κ2) is 8.41. The number of amides is 1. The van der Waals surface area contributed by atoms with E-state index in [9.17, 15) is 18.7 Å². The minimum absolute atomic E-state index is 0.102. The van der Waals surface area contributed by atoms with Crippen molar-refractivity contribution in [2.45, 2.75) is 31.8 Å². The van der Waals surface area contributed by atoms with E-state index in [0.717, 1.165) is 18.6 Å². The molecule has 1 fully saturated rings. The first-order chi connectivity index (χ1) is 12.5. The number of carbonyl (C=O) groups is 1. The maximum atomic E-state index is 13.8. The van der Waals surface area contributed by atoms with Crippen molar-refractivity contribution in [1.29, 1.82) is 0 Å². The number of aryl methyl sites for hydroxylation is 1. The third-order valence-electron chi connectivity index (χ3n) is 5.10. The van der Waals surface area contributed by atoms with Crippen LogP contribution in [0.3, 0.4) is 0 Å². The van der Waals surface area contributed by atoms with E-state index >= 15 is 0 Å². The first kappa shape index (κ1) is 18.5. The number of carbonyl (C=O) groups excluding carboxylic acids is 1. The van der Waals surface area contributed by atoms with Crippen molar-refractivity contribution in [3.63, 3.8) is 0 Å². The molecule has 0 aliphatic carbocycles. The van der Waals surface area contributed by atoms with Gasteiger partial charge in [-0.1, -0.05) is 30.3 Å². The van der Waals surface area contributed by atoms with Crippen LogP contribution in [0.1, 0.15) is 35.2 Å². The number of aliphatic hydroxyl groups is 1. The number of nitrogens with zero attached hydrogens (tertiary/aromatic N) is 1. The topological polar surface area (TPSA) is 40.5 Å². The molecule has 26 heavy (non-hydrogen) atoms. The van der Waals surface area contributed by atoms with Crippen molar-refractivity contribution < 1.29 is 18.7 Å². The molecule has 3 nitrogen and oxygen atoms in total. The maximum absolute atomic E-state index is 13.8. The van der Waals surface area contributed by atoms with Gasteiger partial charge in [-0.15, -0.1) is 0 Å². The number of benzene rings is 2. The molecule has 1 aliphatic rings. The number of hydrogen-bond acceptors (Lipinski definition) is 2. The predicted octanol–water partition coefficient (Wildman–Crippen LogP) is 3.81. The van der Waals surface area contributed by atoms with Gasteiger partial charge >= 0.3 is 0 Å². The summed E-state index contributed by atoms with van der Waals surface area (Å²) in [4.78, 5) is 14.0. The number of likely N-dealkylation sites (tertiary alicyclic amines) is 1. The van der Waals surface area contributed by atoms with Crippen LogP contribution < -0.4 is 0 Å². The van der Waals surface area contributed by atoms with Crippen molar-refractivity contribution in [3.8, 4) is 0 Å². The Labute approximate surface area is 152 Å². The minimum atomic E-state index is -0.833. The highest BCUT2D eigenvalue weighted by Crippen LogP contribution is 2.25. The Hall–Kier alpha value is -2.27. The molecule has 0 spiro atoms. The van der Waals surface area contributed by atoms with E-state index in [0.29, 0.717) is 32.4 Å². The predicted molar refractivity (Wildman–Crippen MR) is 95.8 cm³/mol. The first-order valence-corrected chi connectivity index (χ1v) is 9.01. The van der Waals surface area contributed by atoms with Crippen LogP contribution in [0.4, 0.5) is 8.78 Å². The Kier molecular flexibility index (Phi) is 5.99. The van der Waals surface area contributed by atoms with E-state index in [1.165, 1.54) is 11.6 Å². The molecule has 1 unspecified atom stereocenters. The Morgan fingerprint density at radius 3 is 2.46 bits per heavy atom. The molecular weight excluding hydrogens is 336 g/mol. The van der Waals surface area contributed by atoms with E-state index in [1.54, 1.807) is 4.90 Å². The molecule has 138 valence electrons. The lowest BCUT2D eigenvalue weighted by atomic mass is 9.88. The van der Waals surface area contributed by atoms with E-state index < -0.39 is 23.6 Å². The van der Waals surface area contributed by atoms with Gasteiger partial charge in [0.1, 0.15) is 11.6 Å². The van der Waals surface area contributed by atoms with Gasteiger partial charge in [-0.25, -0.2) is 8.78 Å². The van der Waals surface area contributed by atoms with Gasteiger partial charge in [0, 0.05) is 19.2 Å². The summed E-state index contributed by atoms with van der Waals surface area (Å²) in [5.41, 5.74) is 1.10. The van der Waals surface area contributed by atoms with Crippen LogP contribution in [0, 0.1) is 17.6 Å². The monoisotopic (exact) mass is 359 g/mol. The van der Waals surface area contributed by atoms with E-state index in [4.69, 9.17) is 0 Å². The average molecular weight is 359 g/mol. The number of piperidine rings is 1. The van der Waals surface area contributed by atoms with Gasteiger partial charge in [0.2, 0.25) is 0 Å². The number of rotatable bonds is 5. The quantitative estimate of drug-likeness (QED) is 0.882. The smallest absolute Gasteiger partial charge is 0.256 e. The molecule has 2 aromatic rings. The number of halogens is 2. The Morgan fingerprint density at radius 1 is 1.12 bits per heavy atom. The summed E-state index contributed by atoms with van der Waals surface area (Å²) >= 11 is 0. The minimum Gasteiger partial charge on any atom is -0.393 e. The summed E-state index contributed by atoms with van der Waals surface area (Å²) in [5.74, 6) is -1.81. The Morgan fingerprint density at radius 2 is 1.81 bits per heavy atom. The molecule has 0 radical (unpaired) electrons. The second-order valence-electron chi connectivity index (χ2n) is 6.85. The van der Waals surface area contributed by atoms with Gasteiger partial charge in [-0.05, 0) is 49.3 Å². The zero-order chi connectivity index (χ0) is 18.5. The number of hydrogen-bond donors (Lipinski definition) is 1. The van der Waals surface area contributed by atoms with Crippen LogP contribution in [-0.2, 0) is 6.42 Å². The summed E-state index contributed by atoms with van der Waals surface area (Å²) in [5, 5.41) is 10.4. The maximum Gasteiger partial charge on any atom is 0.256 e. The van der Waals surface area contributed by atoms with Crippen molar-refractivity contribution in [1.82, 2.24) is 4.90 Å². The zero-order valence-electron chi connectivity index (χ0n) is 14.6. The molecule has 1 N–H and O–H groups in total. The molecule has 0 aromatic heterocycles. The summed E-state index contributed by atoms with van der Waals surface area (Å²) in [6.07, 6.45) is 2.47. The lowest BCUT2D eigenvalue weighted by molar-refractivity contribution is 0.0434. The lowest BCUT2D eigenvalue weighted by Gasteiger charge is -2.34. The van der Waals surface area contributed by atoms with Crippen molar-refractivity contribution in [2.75, 3.05) is 13.1 Å². The Balaban J connectivity index is 1.51. The standard InChI is InChI=1S/C21H23F2NO2/c22-17-7-8-18(19(23)14-17)21(26)24-12-10-16(11-13-24)20(25)9-6-15-4-2-1-3-5-15/h1-5,7-8,14,16,20,25H,6,9-13H2. The van der Waals surface area contributed by atoms with Gasteiger partial charge in [-0.3, -0.25) is 4.79 Å². The molecule has 5 heteroatoms. The second-order valence-corrected chi connectivity index (χ2v) is 6.85. The van der Waals surface area contributed by atoms with Gasteiger partial charge in [0.05, 0.1) is 11.7 Å². The summed E-state index contributed by atoms with van der Waals surface area (Å²) in [6.45, 7) is 0.950. The van der Waals surface area contributed by atoms with Crippen LogP contribution in [0.2, 0.25) is 0 Å². The first-order valence-electron chi connectivity index (χ1n) is 9.01. The number of aliphatic hydroxyl groups excluding tert-OH is 1. The molecule has 1 amide bonds. The SMILES string of the molecule is O=C(c1ccc(F)cc1F)N1CCC(C(O)CCc2ccccc2)CC1.